The van der Waals surface area contributed by atoms with E-state index in [1.54, 1.807) is 24.3 Å². The summed E-state index contributed by atoms with van der Waals surface area (Å²) in [4.78, 5) is 27.3. The van der Waals surface area contributed by atoms with Gasteiger partial charge in [0.2, 0.25) is 11.8 Å². The summed E-state index contributed by atoms with van der Waals surface area (Å²) in [6.07, 6.45) is 0. The number of nitrogens with one attached hydrogen (secondary N) is 1. The van der Waals surface area contributed by atoms with Crippen molar-refractivity contribution in [3.05, 3.63) is 54.1 Å². The van der Waals surface area contributed by atoms with Crippen molar-refractivity contribution in [2.24, 2.45) is 5.41 Å². The second-order valence-corrected chi connectivity index (χ2v) is 10.3. The molecule has 0 fully saturated rings. The molecular formula is C26H32N4O3S. The summed E-state index contributed by atoms with van der Waals surface area (Å²) < 4.78 is 5.80. The largest absolute Gasteiger partial charge is 0.411 e. The number of thioether (sulfide) groups is 1. The van der Waals surface area contributed by atoms with Crippen molar-refractivity contribution < 1.29 is 14.0 Å². The van der Waals surface area contributed by atoms with Crippen molar-refractivity contribution in [2.45, 2.75) is 52.0 Å². The molecule has 1 heterocycles. The molecule has 0 aliphatic heterocycles. The fourth-order valence-electron chi connectivity index (χ4n) is 3.25. The Labute approximate surface area is 205 Å². The van der Waals surface area contributed by atoms with Gasteiger partial charge in [0.15, 0.2) is 5.78 Å². The minimum absolute atomic E-state index is 0.0537. The number of hydrogen-bond donors (Lipinski definition) is 1. The Hall–Kier alpha value is -3.13. The number of ketones is 1. The Balaban J connectivity index is 1.62. The Morgan fingerprint density at radius 2 is 1.62 bits per heavy atom. The first-order valence-corrected chi connectivity index (χ1v) is 12.3. The summed E-state index contributed by atoms with van der Waals surface area (Å²) in [5, 5.41) is 11.0. The van der Waals surface area contributed by atoms with E-state index in [1.165, 1.54) is 11.8 Å². The number of benzene rings is 2. The van der Waals surface area contributed by atoms with E-state index in [2.05, 4.69) is 34.3 Å². The summed E-state index contributed by atoms with van der Waals surface area (Å²) in [6.45, 7) is 13.5. The van der Waals surface area contributed by atoms with Gasteiger partial charge in [-0.1, -0.05) is 32.5 Å². The molecule has 8 heteroatoms. The average Bonchev–Trinajstić information content (AvgIpc) is 3.28. The van der Waals surface area contributed by atoms with Gasteiger partial charge < -0.3 is 14.6 Å². The van der Waals surface area contributed by atoms with Crippen LogP contribution in [0.4, 0.5) is 11.4 Å². The predicted octanol–water partition coefficient (Wildman–Crippen LogP) is 5.93. The van der Waals surface area contributed by atoms with Crippen LogP contribution in [0.3, 0.4) is 0 Å². The molecule has 3 aromatic rings. The van der Waals surface area contributed by atoms with Crippen LogP contribution in [0.15, 0.2) is 58.2 Å². The van der Waals surface area contributed by atoms with Crippen molar-refractivity contribution >= 4 is 34.8 Å². The number of nitrogens with zero attached hydrogens (tertiary/aromatic N) is 3. The highest BCUT2D eigenvalue weighted by molar-refractivity contribution is 8.00. The molecule has 0 aliphatic rings. The van der Waals surface area contributed by atoms with Gasteiger partial charge in [0, 0.05) is 41.0 Å². The molecule has 0 saturated carbocycles. The molecule has 0 saturated heterocycles. The Kier molecular flexibility index (Phi) is 8.15. The molecule has 1 atom stereocenters. The van der Waals surface area contributed by atoms with Gasteiger partial charge in [-0.25, -0.2) is 0 Å². The van der Waals surface area contributed by atoms with E-state index in [-0.39, 0.29) is 11.7 Å². The molecule has 1 aromatic heterocycles. The van der Waals surface area contributed by atoms with Crippen LogP contribution in [-0.4, -0.2) is 40.2 Å². The third kappa shape index (κ3) is 6.26. The predicted molar refractivity (Wildman–Crippen MR) is 137 cm³/mol. The van der Waals surface area contributed by atoms with E-state index in [4.69, 9.17) is 4.42 Å². The van der Waals surface area contributed by atoms with Crippen molar-refractivity contribution in [1.82, 2.24) is 10.2 Å². The van der Waals surface area contributed by atoms with Crippen LogP contribution in [-0.2, 0) is 4.79 Å². The van der Waals surface area contributed by atoms with Gasteiger partial charge in [0.25, 0.3) is 5.22 Å². The standard InChI is InChI=1S/C26H32N4O3S/c1-7-30(8-2)21-15-11-19(12-16-21)23-28-29-25(33-23)34-17(3)22(31)18-9-13-20(14-10-18)27-24(32)26(4,5)6/h9-17H,7-8H2,1-6H3,(H,27,32). The third-order valence-corrected chi connectivity index (χ3v) is 6.34. The summed E-state index contributed by atoms with van der Waals surface area (Å²) in [7, 11) is 0. The minimum Gasteiger partial charge on any atom is -0.411 e. The Morgan fingerprint density at radius 1 is 1.00 bits per heavy atom. The lowest BCUT2D eigenvalue weighted by Gasteiger charge is -2.20. The lowest BCUT2D eigenvalue weighted by atomic mass is 9.95. The Bertz CT molecular complexity index is 1110. The maximum Gasteiger partial charge on any atom is 0.277 e. The monoisotopic (exact) mass is 480 g/mol. The maximum atomic E-state index is 12.9. The number of amides is 1. The van der Waals surface area contributed by atoms with E-state index in [0.29, 0.717) is 22.4 Å². The van der Waals surface area contributed by atoms with Gasteiger partial charge in [-0.3, -0.25) is 9.59 Å². The second-order valence-electron chi connectivity index (χ2n) is 9.00. The SMILES string of the molecule is CCN(CC)c1ccc(-c2nnc(SC(C)C(=O)c3ccc(NC(=O)C(C)(C)C)cc3)o2)cc1. The first-order chi connectivity index (χ1) is 16.1. The highest BCUT2D eigenvalue weighted by Gasteiger charge is 2.22. The first-order valence-electron chi connectivity index (χ1n) is 11.4. The quantitative estimate of drug-likeness (QED) is 0.300. The Morgan fingerprint density at radius 3 is 2.18 bits per heavy atom. The van der Waals surface area contributed by atoms with Gasteiger partial charge in [-0.2, -0.15) is 0 Å². The number of Topliss-reactive ketones (excluding diaryl/α,β-unsaturated/α-hetero) is 1. The van der Waals surface area contributed by atoms with E-state index in [9.17, 15) is 9.59 Å². The molecule has 1 unspecified atom stereocenters. The van der Waals surface area contributed by atoms with Gasteiger partial charge in [-0.05, 0) is 69.3 Å². The third-order valence-electron chi connectivity index (χ3n) is 5.40. The van der Waals surface area contributed by atoms with Crippen LogP contribution in [0.1, 0.15) is 51.9 Å². The fraction of sp³-hybridized carbons (Fsp3) is 0.385. The summed E-state index contributed by atoms with van der Waals surface area (Å²) >= 11 is 1.23. The number of carbonyl (C=O) groups excluding carboxylic acids is 2. The van der Waals surface area contributed by atoms with Gasteiger partial charge >= 0.3 is 0 Å². The highest BCUT2D eigenvalue weighted by Crippen LogP contribution is 2.29. The van der Waals surface area contributed by atoms with Gasteiger partial charge in [0.1, 0.15) is 0 Å². The fourth-order valence-corrected chi connectivity index (χ4v) is 4.01. The zero-order valence-corrected chi connectivity index (χ0v) is 21.4. The minimum atomic E-state index is -0.490. The molecule has 34 heavy (non-hydrogen) atoms. The first kappa shape index (κ1) is 25.5. The smallest absolute Gasteiger partial charge is 0.277 e. The van der Waals surface area contributed by atoms with Crippen molar-refractivity contribution in [2.75, 3.05) is 23.3 Å². The number of rotatable bonds is 9. The molecule has 2 aromatic carbocycles. The van der Waals surface area contributed by atoms with Crippen LogP contribution < -0.4 is 10.2 Å². The topological polar surface area (TPSA) is 88.3 Å². The molecule has 0 aliphatic carbocycles. The summed E-state index contributed by atoms with van der Waals surface area (Å²) in [5.74, 6) is 0.291. The second kappa shape index (κ2) is 10.9. The molecule has 0 bridgehead atoms. The number of carbonyl (C=O) groups is 2. The molecule has 0 spiro atoms. The summed E-state index contributed by atoms with van der Waals surface area (Å²) in [5.41, 5.74) is 2.70. The number of aromatic nitrogens is 2. The zero-order valence-electron chi connectivity index (χ0n) is 20.6. The van der Waals surface area contributed by atoms with E-state index >= 15 is 0 Å². The highest BCUT2D eigenvalue weighted by atomic mass is 32.2. The van der Waals surface area contributed by atoms with Crippen LogP contribution in [0.2, 0.25) is 0 Å². The molecule has 1 N–H and O–H groups in total. The van der Waals surface area contributed by atoms with E-state index in [1.807, 2.05) is 52.0 Å². The lowest BCUT2D eigenvalue weighted by Crippen LogP contribution is -2.27. The molecule has 7 nitrogen and oxygen atoms in total. The van der Waals surface area contributed by atoms with Gasteiger partial charge in [0.05, 0.1) is 5.25 Å². The molecule has 3 rings (SSSR count). The maximum absolute atomic E-state index is 12.9. The average molecular weight is 481 g/mol. The molecule has 1 amide bonds. The van der Waals surface area contributed by atoms with E-state index in [0.717, 1.165) is 24.3 Å². The van der Waals surface area contributed by atoms with Crippen LogP contribution in [0.25, 0.3) is 11.5 Å². The van der Waals surface area contributed by atoms with Crippen molar-refractivity contribution in [3.63, 3.8) is 0 Å². The van der Waals surface area contributed by atoms with Gasteiger partial charge in [-0.15, -0.1) is 10.2 Å². The summed E-state index contributed by atoms with van der Waals surface area (Å²) in [6, 6.07) is 14.9. The zero-order chi connectivity index (χ0) is 24.9. The van der Waals surface area contributed by atoms with Crippen LogP contribution in [0, 0.1) is 5.41 Å². The number of hydrogen-bond acceptors (Lipinski definition) is 7. The van der Waals surface area contributed by atoms with Crippen molar-refractivity contribution in [1.29, 1.82) is 0 Å². The molecular weight excluding hydrogens is 448 g/mol. The lowest BCUT2D eigenvalue weighted by molar-refractivity contribution is -0.123. The number of anilines is 2. The van der Waals surface area contributed by atoms with E-state index < -0.39 is 10.7 Å². The molecule has 180 valence electrons. The van der Waals surface area contributed by atoms with Crippen molar-refractivity contribution in [3.8, 4) is 11.5 Å². The van der Waals surface area contributed by atoms with Crippen LogP contribution >= 0.6 is 11.8 Å². The molecule has 0 radical (unpaired) electrons. The van der Waals surface area contributed by atoms with Crippen LogP contribution in [0.5, 0.6) is 0 Å². The normalized spacial score (nSPS) is 12.3.